The van der Waals surface area contributed by atoms with Crippen molar-refractivity contribution in [2.75, 3.05) is 5.32 Å². The standard InChI is InChI=1S/C17H11BrF3N3O2/c18-11-5-6-13-12(7-11)14(24-16(23-13)17(19,20)21)22-8-9-1-3-10(4-2-9)15(25)26/h1-7H,8H2,(H,25,26)(H,22,23,24). The minimum absolute atomic E-state index is 0.0472. The summed E-state index contributed by atoms with van der Waals surface area (Å²) >= 11 is 3.28. The van der Waals surface area contributed by atoms with Gasteiger partial charge in [-0.1, -0.05) is 28.1 Å². The van der Waals surface area contributed by atoms with Crippen LogP contribution in [0.1, 0.15) is 21.7 Å². The minimum atomic E-state index is -4.67. The zero-order valence-corrected chi connectivity index (χ0v) is 14.6. The highest BCUT2D eigenvalue weighted by molar-refractivity contribution is 9.10. The van der Waals surface area contributed by atoms with Gasteiger partial charge in [-0.2, -0.15) is 13.2 Å². The Balaban J connectivity index is 1.94. The first-order valence-corrected chi connectivity index (χ1v) is 8.14. The van der Waals surface area contributed by atoms with Gasteiger partial charge in [-0.3, -0.25) is 0 Å². The number of carboxylic acid groups (broad SMARTS) is 1. The fraction of sp³-hybridized carbons (Fsp3) is 0.118. The fourth-order valence-corrected chi connectivity index (χ4v) is 2.67. The third-order valence-electron chi connectivity index (χ3n) is 3.57. The van der Waals surface area contributed by atoms with Crippen molar-refractivity contribution in [3.8, 4) is 0 Å². The largest absolute Gasteiger partial charge is 0.478 e. The average molecular weight is 426 g/mol. The number of hydrogen-bond acceptors (Lipinski definition) is 4. The summed E-state index contributed by atoms with van der Waals surface area (Å²) in [6.45, 7) is 0.176. The van der Waals surface area contributed by atoms with E-state index in [0.29, 0.717) is 15.4 Å². The highest BCUT2D eigenvalue weighted by atomic mass is 79.9. The van der Waals surface area contributed by atoms with Gasteiger partial charge in [0, 0.05) is 16.4 Å². The number of aromatic carboxylic acids is 1. The van der Waals surface area contributed by atoms with Crippen molar-refractivity contribution in [2.45, 2.75) is 12.7 Å². The summed E-state index contributed by atoms with van der Waals surface area (Å²) in [4.78, 5) is 18.0. The van der Waals surface area contributed by atoms with E-state index in [4.69, 9.17) is 5.11 Å². The molecule has 0 radical (unpaired) electrons. The molecule has 0 saturated heterocycles. The normalized spacial score (nSPS) is 11.5. The number of alkyl halides is 3. The molecule has 0 unspecified atom stereocenters. The van der Waals surface area contributed by atoms with Gasteiger partial charge in [0.25, 0.3) is 0 Å². The first-order valence-electron chi connectivity index (χ1n) is 7.34. The van der Waals surface area contributed by atoms with Crippen LogP contribution in [0.25, 0.3) is 10.9 Å². The molecule has 0 aliphatic carbocycles. The predicted molar refractivity (Wildman–Crippen MR) is 93.0 cm³/mol. The molecule has 1 heterocycles. The maximum atomic E-state index is 13.0. The number of halogens is 4. The lowest BCUT2D eigenvalue weighted by Crippen LogP contribution is -2.13. The van der Waals surface area contributed by atoms with Crippen molar-refractivity contribution in [1.29, 1.82) is 0 Å². The highest BCUT2D eigenvalue weighted by Crippen LogP contribution is 2.31. The second-order valence-corrected chi connectivity index (χ2v) is 6.33. The van der Waals surface area contributed by atoms with Crippen molar-refractivity contribution in [3.05, 3.63) is 63.9 Å². The Kier molecular flexibility index (Phi) is 4.82. The van der Waals surface area contributed by atoms with Gasteiger partial charge >= 0.3 is 12.1 Å². The molecule has 0 saturated carbocycles. The second-order valence-electron chi connectivity index (χ2n) is 5.41. The number of anilines is 1. The van der Waals surface area contributed by atoms with E-state index in [0.717, 1.165) is 0 Å². The Morgan fingerprint density at radius 3 is 2.42 bits per heavy atom. The van der Waals surface area contributed by atoms with E-state index in [2.05, 4.69) is 31.2 Å². The Bertz CT molecular complexity index is 975. The smallest absolute Gasteiger partial charge is 0.451 e. The predicted octanol–water partition coefficient (Wildman–Crippen LogP) is 4.72. The van der Waals surface area contributed by atoms with Crippen molar-refractivity contribution in [2.24, 2.45) is 0 Å². The van der Waals surface area contributed by atoms with E-state index in [9.17, 15) is 18.0 Å². The number of hydrogen-bond donors (Lipinski definition) is 2. The maximum Gasteiger partial charge on any atom is 0.451 e. The van der Waals surface area contributed by atoms with Crippen LogP contribution in [0, 0.1) is 0 Å². The average Bonchev–Trinajstić information content (AvgIpc) is 2.59. The molecule has 134 valence electrons. The molecule has 2 N–H and O–H groups in total. The van der Waals surface area contributed by atoms with Gasteiger partial charge in [-0.25, -0.2) is 14.8 Å². The summed E-state index contributed by atoms with van der Waals surface area (Å²) < 4.78 is 39.8. The van der Waals surface area contributed by atoms with Crippen molar-refractivity contribution >= 4 is 38.6 Å². The second kappa shape index (κ2) is 6.91. The van der Waals surface area contributed by atoms with Gasteiger partial charge in [0.15, 0.2) is 0 Å². The zero-order chi connectivity index (χ0) is 18.9. The Morgan fingerprint density at radius 1 is 1.12 bits per heavy atom. The van der Waals surface area contributed by atoms with Crippen LogP contribution in [0.5, 0.6) is 0 Å². The summed E-state index contributed by atoms with van der Waals surface area (Å²) in [5, 5.41) is 12.2. The molecule has 26 heavy (non-hydrogen) atoms. The molecular weight excluding hydrogens is 415 g/mol. The molecule has 0 amide bonds. The van der Waals surface area contributed by atoms with Gasteiger partial charge < -0.3 is 10.4 Å². The van der Waals surface area contributed by atoms with Crippen molar-refractivity contribution in [3.63, 3.8) is 0 Å². The van der Waals surface area contributed by atoms with Crippen LogP contribution in [-0.4, -0.2) is 21.0 Å². The topological polar surface area (TPSA) is 75.1 Å². The van der Waals surface area contributed by atoms with Gasteiger partial charge in [0.1, 0.15) is 5.82 Å². The lowest BCUT2D eigenvalue weighted by molar-refractivity contribution is -0.144. The van der Waals surface area contributed by atoms with E-state index >= 15 is 0 Å². The Hall–Kier alpha value is -2.68. The highest BCUT2D eigenvalue weighted by Gasteiger charge is 2.35. The van der Waals surface area contributed by atoms with Crippen LogP contribution in [0.15, 0.2) is 46.9 Å². The van der Waals surface area contributed by atoms with Gasteiger partial charge in [-0.15, -0.1) is 0 Å². The summed E-state index contributed by atoms with van der Waals surface area (Å²) in [6.07, 6.45) is -4.67. The summed E-state index contributed by atoms with van der Waals surface area (Å²) in [6, 6.07) is 10.7. The van der Waals surface area contributed by atoms with Crippen molar-refractivity contribution in [1.82, 2.24) is 9.97 Å². The fourth-order valence-electron chi connectivity index (χ4n) is 2.31. The van der Waals surface area contributed by atoms with Crippen LogP contribution in [0.3, 0.4) is 0 Å². The third-order valence-corrected chi connectivity index (χ3v) is 4.07. The maximum absolute atomic E-state index is 13.0. The van der Waals surface area contributed by atoms with E-state index in [-0.39, 0.29) is 23.4 Å². The van der Waals surface area contributed by atoms with Gasteiger partial charge in [0.2, 0.25) is 5.82 Å². The Labute approximate surface area is 154 Å². The summed E-state index contributed by atoms with van der Waals surface area (Å²) in [7, 11) is 0. The van der Waals surface area contributed by atoms with Crippen LogP contribution < -0.4 is 5.32 Å². The lowest BCUT2D eigenvalue weighted by Gasteiger charge is -2.13. The summed E-state index contributed by atoms with van der Waals surface area (Å²) in [5.74, 6) is -2.23. The van der Waals surface area contributed by atoms with E-state index in [1.165, 1.54) is 18.2 Å². The van der Waals surface area contributed by atoms with E-state index in [1.807, 2.05) is 0 Å². The molecule has 0 fully saturated rings. The van der Waals surface area contributed by atoms with Gasteiger partial charge in [0.05, 0.1) is 11.1 Å². The number of rotatable bonds is 4. The molecule has 3 rings (SSSR count). The van der Waals surface area contributed by atoms with Crippen molar-refractivity contribution < 1.29 is 23.1 Å². The van der Waals surface area contributed by atoms with Gasteiger partial charge in [-0.05, 0) is 35.9 Å². The minimum Gasteiger partial charge on any atom is -0.478 e. The molecule has 0 atom stereocenters. The van der Waals surface area contributed by atoms with E-state index in [1.54, 1.807) is 24.3 Å². The first kappa shape index (κ1) is 18.1. The molecule has 5 nitrogen and oxygen atoms in total. The molecule has 9 heteroatoms. The zero-order valence-electron chi connectivity index (χ0n) is 13.0. The molecule has 2 aromatic carbocycles. The SMILES string of the molecule is O=C(O)c1ccc(CNc2nc(C(F)(F)F)nc3ccc(Br)cc23)cc1. The molecule has 0 aliphatic heterocycles. The lowest BCUT2D eigenvalue weighted by atomic mass is 10.1. The number of carboxylic acids is 1. The number of fused-ring (bicyclic) bond motifs is 1. The third kappa shape index (κ3) is 3.93. The Morgan fingerprint density at radius 2 is 1.81 bits per heavy atom. The van der Waals surface area contributed by atoms with E-state index < -0.39 is 18.0 Å². The number of benzene rings is 2. The molecule has 0 spiro atoms. The number of nitrogens with zero attached hydrogens (tertiary/aromatic N) is 2. The number of nitrogens with one attached hydrogen (secondary N) is 1. The molecular formula is C17H11BrF3N3O2. The van der Waals surface area contributed by atoms with Crippen LogP contribution in [0.4, 0.5) is 19.0 Å². The quantitative estimate of drug-likeness (QED) is 0.632. The molecule has 3 aromatic rings. The first-order chi connectivity index (χ1) is 12.2. The van der Waals surface area contributed by atoms with Crippen LogP contribution in [-0.2, 0) is 12.7 Å². The molecule has 0 aliphatic rings. The number of aromatic nitrogens is 2. The number of carbonyl (C=O) groups is 1. The van der Waals surface area contributed by atoms with Crippen LogP contribution in [0.2, 0.25) is 0 Å². The molecule has 0 bridgehead atoms. The molecule has 1 aromatic heterocycles. The summed E-state index contributed by atoms with van der Waals surface area (Å²) in [5.41, 5.74) is 0.995. The van der Waals surface area contributed by atoms with Crippen LogP contribution >= 0.6 is 15.9 Å². The monoisotopic (exact) mass is 425 g/mol.